The van der Waals surface area contributed by atoms with Crippen LogP contribution >= 0.6 is 0 Å². The first-order valence-corrected chi connectivity index (χ1v) is 10.4. The molecule has 0 amide bonds. The van der Waals surface area contributed by atoms with E-state index in [9.17, 15) is 10.2 Å². The van der Waals surface area contributed by atoms with E-state index >= 15 is 0 Å². The summed E-state index contributed by atoms with van der Waals surface area (Å²) >= 11 is 0. The molecule has 0 aromatic rings. The molecule has 3 saturated carbocycles. The fourth-order valence-corrected chi connectivity index (χ4v) is 7.76. The topological polar surface area (TPSA) is 44.8 Å². The highest BCUT2D eigenvalue weighted by atomic mass is 16.3. The third-order valence-corrected chi connectivity index (χ3v) is 8.79. The first-order valence-electron chi connectivity index (χ1n) is 10.4. The second-order valence-electron chi connectivity index (χ2n) is 9.83. The summed E-state index contributed by atoms with van der Waals surface area (Å²) in [7, 11) is 0. The Morgan fingerprint density at radius 2 is 2.00 bits per heavy atom. The number of hydrogen-bond acceptors (Lipinski definition) is 2. The highest BCUT2D eigenvalue weighted by molar-refractivity contribution is 5.33. The van der Waals surface area contributed by atoms with Crippen LogP contribution < -0.4 is 0 Å². The summed E-state index contributed by atoms with van der Waals surface area (Å²) in [6.07, 6.45) is 9.31. The molecule has 4 aliphatic carbocycles. The van der Waals surface area contributed by atoms with E-state index in [1.54, 1.807) is 0 Å². The number of allylic oxidation sites excluding steroid dienone is 3. The molecule has 0 saturated heterocycles. The Morgan fingerprint density at radius 3 is 2.69 bits per heavy atom. The van der Waals surface area contributed by atoms with Crippen LogP contribution in [0, 0.1) is 41.1 Å². The van der Waals surface area contributed by atoms with Crippen LogP contribution in [0.1, 0.15) is 65.7 Å². The average Bonchev–Trinajstić information content (AvgIpc) is 2.97. The summed E-state index contributed by atoms with van der Waals surface area (Å²) < 4.78 is 0. The molecule has 2 N–H and O–H groups in total. The van der Waals surface area contributed by atoms with Crippen molar-refractivity contribution in [2.75, 3.05) is 6.61 Å². The van der Waals surface area contributed by atoms with Gasteiger partial charge >= 0.3 is 0 Å². The van der Waals surface area contributed by atoms with Crippen molar-refractivity contribution in [2.24, 2.45) is 34.5 Å². The van der Waals surface area contributed by atoms with Crippen LogP contribution in [0.5, 0.6) is 0 Å². The van der Waals surface area contributed by atoms with Crippen LogP contribution in [-0.2, 0) is 0 Å². The fraction of sp³-hybridized carbons (Fsp3) is 0.783. The van der Waals surface area contributed by atoms with Crippen molar-refractivity contribution < 1.29 is 10.2 Å². The van der Waals surface area contributed by atoms with Gasteiger partial charge in [-0.3, -0.25) is 0 Å². The summed E-state index contributed by atoms with van der Waals surface area (Å²) in [5.41, 5.74) is 3.95. The third kappa shape index (κ3) is 2.38. The molecule has 0 bridgehead atoms. The summed E-state index contributed by atoms with van der Waals surface area (Å²) in [5, 5.41) is 20.5. The normalized spacial score (nSPS) is 49.4. The van der Waals surface area contributed by atoms with Gasteiger partial charge in [-0.2, -0.15) is 0 Å². The zero-order valence-electron chi connectivity index (χ0n) is 16.5. The highest BCUT2D eigenvalue weighted by Gasteiger charge is 2.60. The van der Waals surface area contributed by atoms with Crippen LogP contribution in [-0.4, -0.2) is 22.9 Å². The third-order valence-electron chi connectivity index (χ3n) is 8.79. The Bertz CT molecular complexity index is 701. The molecule has 0 spiro atoms. The van der Waals surface area contributed by atoms with E-state index in [-0.39, 0.29) is 23.5 Å². The summed E-state index contributed by atoms with van der Waals surface area (Å²) in [4.78, 5) is 3.78. The minimum atomic E-state index is -0.279. The van der Waals surface area contributed by atoms with Crippen molar-refractivity contribution in [3.05, 3.63) is 34.3 Å². The quantitative estimate of drug-likeness (QED) is 0.528. The lowest BCUT2D eigenvalue weighted by Gasteiger charge is -2.60. The predicted octanol–water partition coefficient (Wildman–Crippen LogP) is 4.72. The van der Waals surface area contributed by atoms with E-state index in [4.69, 9.17) is 6.57 Å². The smallest absolute Gasteiger partial charge is 0.162 e. The number of aliphatic hydroxyl groups excluding tert-OH is 2. The van der Waals surface area contributed by atoms with Gasteiger partial charge in [0.05, 0.1) is 12.7 Å². The van der Waals surface area contributed by atoms with Crippen LogP contribution in [0.2, 0.25) is 0 Å². The Kier molecular flexibility index (Phi) is 4.36. The summed E-state index contributed by atoms with van der Waals surface area (Å²) in [5.74, 6) is 2.11. The van der Waals surface area contributed by atoms with E-state index in [0.29, 0.717) is 23.7 Å². The minimum absolute atomic E-state index is 0.0922. The maximum absolute atomic E-state index is 10.4. The maximum Gasteiger partial charge on any atom is 0.162 e. The molecule has 142 valence electrons. The summed E-state index contributed by atoms with van der Waals surface area (Å²) in [6.45, 7) is 14.5. The number of rotatable bonds is 1. The molecule has 3 nitrogen and oxygen atoms in total. The van der Waals surface area contributed by atoms with Gasteiger partial charge in [0.15, 0.2) is 5.70 Å². The first-order chi connectivity index (χ1) is 12.3. The van der Waals surface area contributed by atoms with E-state index in [1.165, 1.54) is 24.0 Å². The van der Waals surface area contributed by atoms with Crippen LogP contribution in [0.4, 0.5) is 0 Å². The molecule has 0 unspecified atom stereocenters. The fourth-order valence-electron chi connectivity index (χ4n) is 7.76. The van der Waals surface area contributed by atoms with Crippen LogP contribution in [0.15, 0.2) is 22.9 Å². The Morgan fingerprint density at radius 1 is 1.23 bits per heavy atom. The van der Waals surface area contributed by atoms with Crippen molar-refractivity contribution in [1.82, 2.24) is 0 Å². The number of fused-ring (bicyclic) bond motifs is 5. The Balaban J connectivity index is 1.77. The zero-order valence-corrected chi connectivity index (χ0v) is 16.5. The predicted molar refractivity (Wildman–Crippen MR) is 103 cm³/mol. The summed E-state index contributed by atoms with van der Waals surface area (Å²) in [6, 6.07) is 0. The van der Waals surface area contributed by atoms with Gasteiger partial charge in [-0.1, -0.05) is 31.1 Å². The number of nitrogens with zero attached hydrogens (tertiary/aromatic N) is 1. The standard InChI is InChI=1S/C23H33NO2/c1-14(24-4)19-7-8-20-18-6-5-16-11-17(26)9-10-22(16,2)21(18)15(13-25)12-23(19,20)3/h11,15,17-18,20-21,25-26H,5-10,12-13H2,1-3H3/b19-14-/t15-,17-,18+,20+,21+,22+,23-/m1/s1. The minimum Gasteiger partial charge on any atom is -0.396 e. The molecule has 4 rings (SSSR count). The van der Waals surface area contributed by atoms with Crippen LogP contribution in [0.25, 0.3) is 4.85 Å². The first kappa shape index (κ1) is 18.3. The van der Waals surface area contributed by atoms with Crippen molar-refractivity contribution in [2.45, 2.75) is 71.8 Å². The van der Waals surface area contributed by atoms with Gasteiger partial charge in [-0.05, 0) is 86.4 Å². The van der Waals surface area contributed by atoms with Gasteiger partial charge in [-0.15, -0.1) is 0 Å². The molecule has 0 aliphatic heterocycles. The zero-order chi connectivity index (χ0) is 18.7. The lowest BCUT2D eigenvalue weighted by Crippen LogP contribution is -2.54. The monoisotopic (exact) mass is 355 g/mol. The van der Waals surface area contributed by atoms with E-state index in [0.717, 1.165) is 37.8 Å². The van der Waals surface area contributed by atoms with Crippen molar-refractivity contribution in [3.8, 4) is 0 Å². The molecular formula is C23H33NO2. The highest BCUT2D eigenvalue weighted by Crippen LogP contribution is 2.68. The SMILES string of the molecule is [C-]#[N+]/C(C)=C1/CC[C@H]2[C@@H]3CCC4=C[C@H](O)CC[C@]4(C)[C@H]3[C@@H](CO)C[C@]12C. The van der Waals surface area contributed by atoms with E-state index in [1.807, 2.05) is 6.92 Å². The molecule has 0 aromatic carbocycles. The average molecular weight is 356 g/mol. The molecule has 4 aliphatic rings. The second kappa shape index (κ2) is 6.21. The second-order valence-corrected chi connectivity index (χ2v) is 9.83. The van der Waals surface area contributed by atoms with Crippen molar-refractivity contribution in [1.29, 1.82) is 0 Å². The molecule has 7 atom stereocenters. The van der Waals surface area contributed by atoms with Gasteiger partial charge in [-0.25, -0.2) is 4.85 Å². The van der Waals surface area contributed by atoms with Gasteiger partial charge < -0.3 is 10.2 Å². The number of aliphatic hydroxyl groups is 2. The van der Waals surface area contributed by atoms with Crippen molar-refractivity contribution >= 4 is 0 Å². The lowest BCUT2D eigenvalue weighted by molar-refractivity contribution is -0.0864. The van der Waals surface area contributed by atoms with Gasteiger partial charge in [0.25, 0.3) is 0 Å². The number of hydrogen-bond donors (Lipinski definition) is 2. The molecular weight excluding hydrogens is 322 g/mol. The molecule has 0 heterocycles. The van der Waals surface area contributed by atoms with E-state index < -0.39 is 0 Å². The lowest BCUT2D eigenvalue weighted by atomic mass is 9.44. The Labute approximate surface area is 158 Å². The molecule has 0 radical (unpaired) electrons. The van der Waals surface area contributed by atoms with Crippen molar-refractivity contribution in [3.63, 3.8) is 0 Å². The Hall–Kier alpha value is -1.11. The van der Waals surface area contributed by atoms with Gasteiger partial charge in [0.1, 0.15) is 0 Å². The van der Waals surface area contributed by atoms with Gasteiger partial charge in [0.2, 0.25) is 0 Å². The van der Waals surface area contributed by atoms with Gasteiger partial charge in [0, 0.05) is 6.61 Å². The largest absolute Gasteiger partial charge is 0.396 e. The molecule has 26 heavy (non-hydrogen) atoms. The van der Waals surface area contributed by atoms with E-state index in [2.05, 4.69) is 24.8 Å². The molecule has 3 heteroatoms. The molecule has 3 fully saturated rings. The molecule has 0 aromatic heterocycles. The maximum atomic E-state index is 10.4. The van der Waals surface area contributed by atoms with Crippen LogP contribution in [0.3, 0.4) is 0 Å².